The van der Waals surface area contributed by atoms with Gasteiger partial charge in [-0.2, -0.15) is 0 Å². The molecule has 0 radical (unpaired) electrons. The van der Waals surface area contributed by atoms with E-state index in [-0.39, 0.29) is 10.8 Å². The zero-order chi connectivity index (χ0) is 13.9. The second-order valence-corrected chi connectivity index (χ2v) is 4.90. The molecule has 1 amide bonds. The highest BCUT2D eigenvalue weighted by Crippen LogP contribution is 2.26. The minimum absolute atomic E-state index is 0.0380. The lowest BCUT2D eigenvalue weighted by Crippen LogP contribution is -2.27. The molecule has 18 heavy (non-hydrogen) atoms. The molecule has 7 heteroatoms. The minimum Gasteiger partial charge on any atom is -0.444 e. The maximum Gasteiger partial charge on any atom is 0.413 e. The largest absolute Gasteiger partial charge is 0.444 e. The summed E-state index contributed by atoms with van der Waals surface area (Å²) in [6.07, 6.45) is -3.57. The third-order valence-corrected chi connectivity index (χ3v) is 2.03. The molecule has 0 unspecified atom stereocenters. The molecule has 1 heterocycles. The number of amides is 1. The predicted octanol–water partition coefficient (Wildman–Crippen LogP) is 4.02. The summed E-state index contributed by atoms with van der Waals surface area (Å²) in [4.78, 5) is 14.9. The van der Waals surface area contributed by atoms with E-state index in [4.69, 9.17) is 16.3 Å². The van der Waals surface area contributed by atoms with E-state index < -0.39 is 23.8 Å². The number of nitrogens with one attached hydrogen (secondary N) is 1. The van der Waals surface area contributed by atoms with Gasteiger partial charge < -0.3 is 4.74 Å². The third kappa shape index (κ3) is 4.44. The van der Waals surface area contributed by atoms with E-state index in [1.807, 2.05) is 0 Å². The van der Waals surface area contributed by atoms with Crippen molar-refractivity contribution in [3.8, 4) is 0 Å². The number of carbonyl (C=O) groups is 1. The van der Waals surface area contributed by atoms with Gasteiger partial charge in [-0.1, -0.05) is 11.6 Å². The van der Waals surface area contributed by atoms with Gasteiger partial charge in [0.1, 0.15) is 17.1 Å². The molecule has 1 aromatic heterocycles. The molecule has 1 aromatic rings. The van der Waals surface area contributed by atoms with Crippen molar-refractivity contribution in [3.63, 3.8) is 0 Å². The fraction of sp³-hybridized carbons (Fsp3) is 0.455. The number of alkyl halides is 2. The zero-order valence-corrected chi connectivity index (χ0v) is 10.9. The van der Waals surface area contributed by atoms with Gasteiger partial charge >= 0.3 is 6.09 Å². The van der Waals surface area contributed by atoms with Crippen LogP contribution in [0.5, 0.6) is 0 Å². The van der Waals surface area contributed by atoms with Gasteiger partial charge in [0.25, 0.3) is 6.43 Å². The van der Waals surface area contributed by atoms with E-state index in [0.29, 0.717) is 0 Å². The molecular weight excluding hydrogens is 266 g/mol. The normalized spacial score (nSPS) is 11.5. The number of halogens is 3. The molecule has 0 aliphatic carbocycles. The van der Waals surface area contributed by atoms with Crippen molar-refractivity contribution < 1.29 is 18.3 Å². The Morgan fingerprint density at radius 1 is 1.44 bits per heavy atom. The summed E-state index contributed by atoms with van der Waals surface area (Å²) < 4.78 is 30.0. The Morgan fingerprint density at radius 3 is 2.56 bits per heavy atom. The molecule has 0 fully saturated rings. The van der Waals surface area contributed by atoms with E-state index in [0.717, 1.165) is 0 Å². The van der Waals surface area contributed by atoms with E-state index in [1.54, 1.807) is 20.8 Å². The molecule has 0 saturated heterocycles. The maximum atomic E-state index is 12.5. The van der Waals surface area contributed by atoms with Crippen LogP contribution in [0.15, 0.2) is 12.1 Å². The van der Waals surface area contributed by atoms with Crippen molar-refractivity contribution in [1.82, 2.24) is 4.98 Å². The highest BCUT2D eigenvalue weighted by atomic mass is 35.5. The Balaban J connectivity index is 2.80. The van der Waals surface area contributed by atoms with Crippen LogP contribution in [-0.2, 0) is 4.74 Å². The lowest BCUT2D eigenvalue weighted by Gasteiger charge is -2.19. The predicted molar refractivity (Wildman–Crippen MR) is 64.1 cm³/mol. The highest BCUT2D eigenvalue weighted by molar-refractivity contribution is 6.31. The van der Waals surface area contributed by atoms with Crippen LogP contribution in [0.4, 0.5) is 19.4 Å². The molecule has 0 aliphatic rings. The minimum atomic E-state index is -2.81. The van der Waals surface area contributed by atoms with Gasteiger partial charge in [-0.25, -0.2) is 18.6 Å². The van der Waals surface area contributed by atoms with Crippen molar-refractivity contribution in [2.24, 2.45) is 0 Å². The standard InChI is InChI=1S/C11H13ClF2N2O2/c1-11(2,3)18-10(17)16-7-5-4-6(12)8(15-7)9(13)14/h4-5,9H,1-3H3,(H,15,16,17). The Bertz CT molecular complexity index is 447. The molecule has 1 N–H and O–H groups in total. The number of carbonyl (C=O) groups excluding carboxylic acids is 1. The quantitative estimate of drug-likeness (QED) is 0.889. The molecule has 0 aromatic carbocycles. The van der Waals surface area contributed by atoms with Crippen LogP contribution in [0.25, 0.3) is 0 Å². The maximum absolute atomic E-state index is 12.5. The molecule has 0 saturated carbocycles. The van der Waals surface area contributed by atoms with Gasteiger partial charge in [0.05, 0.1) is 5.02 Å². The molecule has 0 bridgehead atoms. The number of aromatic nitrogens is 1. The van der Waals surface area contributed by atoms with Crippen LogP contribution in [0.1, 0.15) is 32.9 Å². The molecule has 100 valence electrons. The van der Waals surface area contributed by atoms with Gasteiger partial charge in [0.2, 0.25) is 0 Å². The monoisotopic (exact) mass is 278 g/mol. The Kier molecular flexibility index (Phi) is 4.45. The third-order valence-electron chi connectivity index (χ3n) is 1.71. The lowest BCUT2D eigenvalue weighted by molar-refractivity contribution is 0.0635. The van der Waals surface area contributed by atoms with Gasteiger partial charge in [0.15, 0.2) is 0 Å². The number of anilines is 1. The SMILES string of the molecule is CC(C)(C)OC(=O)Nc1ccc(Cl)c(C(F)F)n1. The van der Waals surface area contributed by atoms with E-state index in [9.17, 15) is 13.6 Å². The average Bonchev–Trinajstić information content (AvgIpc) is 2.17. The summed E-state index contributed by atoms with van der Waals surface area (Å²) >= 11 is 5.55. The Morgan fingerprint density at radius 2 is 2.06 bits per heavy atom. The number of pyridine rings is 1. The summed E-state index contributed by atoms with van der Waals surface area (Å²) in [6, 6.07) is 2.56. The number of hydrogen-bond acceptors (Lipinski definition) is 3. The highest BCUT2D eigenvalue weighted by Gasteiger charge is 2.18. The number of ether oxygens (including phenoxy) is 1. The molecular formula is C11H13ClF2N2O2. The van der Waals surface area contributed by atoms with Crippen LogP contribution in [-0.4, -0.2) is 16.7 Å². The lowest BCUT2D eigenvalue weighted by atomic mass is 10.2. The smallest absolute Gasteiger partial charge is 0.413 e. The summed E-state index contributed by atoms with van der Waals surface area (Å²) in [5.41, 5.74) is -1.26. The van der Waals surface area contributed by atoms with Gasteiger partial charge in [-0.15, -0.1) is 0 Å². The second-order valence-electron chi connectivity index (χ2n) is 4.49. The molecule has 0 aliphatic heterocycles. The summed E-state index contributed by atoms with van der Waals surface area (Å²) in [5.74, 6) is -0.0380. The fourth-order valence-corrected chi connectivity index (χ4v) is 1.28. The van der Waals surface area contributed by atoms with Crippen LogP contribution in [0, 0.1) is 0 Å². The summed E-state index contributed by atoms with van der Waals surface area (Å²) in [6.45, 7) is 5.06. The number of rotatable bonds is 2. The first-order chi connectivity index (χ1) is 8.19. The van der Waals surface area contributed by atoms with Crippen molar-refractivity contribution in [2.75, 3.05) is 5.32 Å². The van der Waals surface area contributed by atoms with Gasteiger partial charge in [-0.05, 0) is 32.9 Å². The van der Waals surface area contributed by atoms with E-state index >= 15 is 0 Å². The first kappa shape index (κ1) is 14.6. The molecule has 1 rings (SSSR count). The van der Waals surface area contributed by atoms with Crippen LogP contribution >= 0.6 is 11.6 Å². The second kappa shape index (κ2) is 5.48. The summed E-state index contributed by atoms with van der Waals surface area (Å²) in [5, 5.41) is 2.10. The molecule has 4 nitrogen and oxygen atoms in total. The number of hydrogen-bond donors (Lipinski definition) is 1. The molecule has 0 spiro atoms. The summed E-state index contributed by atoms with van der Waals surface area (Å²) in [7, 11) is 0. The first-order valence-corrected chi connectivity index (χ1v) is 5.51. The van der Waals surface area contributed by atoms with Crippen molar-refractivity contribution >= 4 is 23.5 Å². The van der Waals surface area contributed by atoms with E-state index in [2.05, 4.69) is 10.3 Å². The van der Waals surface area contributed by atoms with Crippen LogP contribution in [0.3, 0.4) is 0 Å². The van der Waals surface area contributed by atoms with Crippen LogP contribution in [0.2, 0.25) is 5.02 Å². The van der Waals surface area contributed by atoms with Gasteiger partial charge in [0, 0.05) is 0 Å². The topological polar surface area (TPSA) is 51.2 Å². The van der Waals surface area contributed by atoms with E-state index in [1.165, 1.54) is 12.1 Å². The average molecular weight is 279 g/mol. The van der Waals surface area contributed by atoms with Crippen LogP contribution < -0.4 is 5.32 Å². The fourth-order valence-electron chi connectivity index (χ4n) is 1.09. The molecule has 0 atom stereocenters. The Labute approximate surface area is 108 Å². The van der Waals surface area contributed by atoms with Crippen molar-refractivity contribution in [3.05, 3.63) is 22.8 Å². The van der Waals surface area contributed by atoms with Crippen molar-refractivity contribution in [1.29, 1.82) is 0 Å². The van der Waals surface area contributed by atoms with Crippen molar-refractivity contribution in [2.45, 2.75) is 32.8 Å². The Hall–Kier alpha value is -1.43. The van der Waals surface area contributed by atoms with Gasteiger partial charge in [-0.3, -0.25) is 5.32 Å². The first-order valence-electron chi connectivity index (χ1n) is 5.13. The zero-order valence-electron chi connectivity index (χ0n) is 10.1. The number of nitrogens with zero attached hydrogens (tertiary/aromatic N) is 1.